The zero-order valence-electron chi connectivity index (χ0n) is 12.0. The Labute approximate surface area is 125 Å². The van der Waals surface area contributed by atoms with Gasteiger partial charge < -0.3 is 16.3 Å². The summed E-state index contributed by atoms with van der Waals surface area (Å²) >= 11 is 0. The molecular weight excluding hydrogens is 290 g/mol. The molecule has 1 aliphatic carbocycles. The first kappa shape index (κ1) is 15.8. The molecule has 2 unspecified atom stereocenters. The lowest BCUT2D eigenvalue weighted by atomic mass is 10.2. The lowest BCUT2D eigenvalue weighted by Gasteiger charge is -2.07. The van der Waals surface area contributed by atoms with Crippen LogP contribution in [0.2, 0.25) is 0 Å². The van der Waals surface area contributed by atoms with Crippen molar-refractivity contribution in [3.05, 3.63) is 29.8 Å². The molecule has 0 aromatic heterocycles. The highest BCUT2D eigenvalue weighted by atomic mass is 32.2. The van der Waals surface area contributed by atoms with Crippen LogP contribution in [0.15, 0.2) is 34.3 Å². The van der Waals surface area contributed by atoms with E-state index in [1.807, 2.05) is 0 Å². The van der Waals surface area contributed by atoms with E-state index in [0.29, 0.717) is 18.0 Å². The van der Waals surface area contributed by atoms with E-state index in [9.17, 15) is 8.42 Å². The number of hydrogen-bond acceptors (Lipinski definition) is 5. The molecule has 0 bridgehead atoms. The summed E-state index contributed by atoms with van der Waals surface area (Å²) in [6, 6.07) is 6.13. The standard InChI is InChI=1S/C14H21N3O3S/c1-10-7-12(10)9-16-5-6-21(19,20)13-4-2-3-11(8-13)14(15)17-18/h2-4,8,10,12,16,18H,5-7,9H2,1H3,(H2,15,17). The molecule has 0 spiro atoms. The Morgan fingerprint density at radius 3 is 2.86 bits per heavy atom. The molecule has 1 aromatic carbocycles. The normalized spacial score (nSPS) is 22.2. The number of nitrogens with one attached hydrogen (secondary N) is 1. The van der Waals surface area contributed by atoms with E-state index in [1.54, 1.807) is 12.1 Å². The minimum absolute atomic E-state index is 0.0354. The first-order valence-electron chi connectivity index (χ1n) is 6.95. The van der Waals surface area contributed by atoms with Crippen molar-refractivity contribution in [1.29, 1.82) is 0 Å². The first-order valence-corrected chi connectivity index (χ1v) is 8.60. The summed E-state index contributed by atoms with van der Waals surface area (Å²) in [6.45, 7) is 3.50. The third-order valence-electron chi connectivity index (χ3n) is 3.83. The van der Waals surface area contributed by atoms with Crippen LogP contribution in [0.1, 0.15) is 18.9 Å². The maximum atomic E-state index is 12.2. The fourth-order valence-electron chi connectivity index (χ4n) is 2.20. The monoisotopic (exact) mass is 311 g/mol. The van der Waals surface area contributed by atoms with Crippen LogP contribution in [0.4, 0.5) is 0 Å². The van der Waals surface area contributed by atoms with Crippen molar-refractivity contribution in [3.8, 4) is 0 Å². The van der Waals surface area contributed by atoms with E-state index >= 15 is 0 Å². The average Bonchev–Trinajstić information content (AvgIpc) is 3.18. The zero-order chi connectivity index (χ0) is 15.5. The Morgan fingerprint density at radius 1 is 1.52 bits per heavy atom. The Morgan fingerprint density at radius 2 is 2.24 bits per heavy atom. The van der Waals surface area contributed by atoms with Gasteiger partial charge in [-0.25, -0.2) is 8.42 Å². The minimum Gasteiger partial charge on any atom is -0.409 e. The lowest BCUT2D eigenvalue weighted by Crippen LogP contribution is -2.25. The summed E-state index contributed by atoms with van der Waals surface area (Å²) in [6.07, 6.45) is 1.22. The van der Waals surface area contributed by atoms with E-state index in [-0.39, 0.29) is 16.5 Å². The molecule has 0 heterocycles. The fraction of sp³-hybridized carbons (Fsp3) is 0.500. The number of sulfone groups is 1. The smallest absolute Gasteiger partial charge is 0.179 e. The van der Waals surface area contributed by atoms with Crippen molar-refractivity contribution in [2.45, 2.75) is 18.2 Å². The lowest BCUT2D eigenvalue weighted by molar-refractivity contribution is 0.318. The fourth-order valence-corrected chi connectivity index (χ4v) is 3.44. The quantitative estimate of drug-likeness (QED) is 0.227. The highest BCUT2D eigenvalue weighted by Gasteiger charge is 2.31. The second kappa shape index (κ2) is 6.44. The molecule has 2 rings (SSSR count). The Balaban J connectivity index is 1.95. The molecule has 0 aliphatic heterocycles. The van der Waals surface area contributed by atoms with Gasteiger partial charge in [-0.1, -0.05) is 24.2 Å². The maximum Gasteiger partial charge on any atom is 0.179 e. The molecule has 7 heteroatoms. The second-order valence-corrected chi connectivity index (χ2v) is 7.62. The van der Waals surface area contributed by atoms with Gasteiger partial charge in [0, 0.05) is 12.1 Å². The van der Waals surface area contributed by atoms with Crippen LogP contribution in [0.25, 0.3) is 0 Å². The van der Waals surface area contributed by atoms with Gasteiger partial charge >= 0.3 is 0 Å². The van der Waals surface area contributed by atoms with E-state index < -0.39 is 9.84 Å². The van der Waals surface area contributed by atoms with Crippen LogP contribution in [0.3, 0.4) is 0 Å². The molecule has 0 radical (unpaired) electrons. The number of oxime groups is 1. The summed E-state index contributed by atoms with van der Waals surface area (Å²) in [5.74, 6) is 1.38. The van der Waals surface area contributed by atoms with Crippen molar-refractivity contribution < 1.29 is 13.6 Å². The average molecular weight is 311 g/mol. The van der Waals surface area contributed by atoms with Gasteiger partial charge in [0.1, 0.15) is 0 Å². The molecule has 0 amide bonds. The molecule has 6 nitrogen and oxygen atoms in total. The van der Waals surface area contributed by atoms with Gasteiger partial charge in [-0.15, -0.1) is 0 Å². The Kier molecular flexibility index (Phi) is 4.84. The van der Waals surface area contributed by atoms with Crippen molar-refractivity contribution >= 4 is 15.7 Å². The van der Waals surface area contributed by atoms with Gasteiger partial charge in [-0.3, -0.25) is 0 Å². The predicted octanol–water partition coefficient (Wildman–Crippen LogP) is 0.800. The second-order valence-electron chi connectivity index (χ2n) is 5.51. The summed E-state index contributed by atoms with van der Waals surface area (Å²) in [5, 5.41) is 14.7. The number of nitrogens with two attached hydrogens (primary N) is 1. The molecule has 2 atom stereocenters. The summed E-state index contributed by atoms with van der Waals surface area (Å²) < 4.78 is 24.5. The molecule has 21 heavy (non-hydrogen) atoms. The van der Waals surface area contributed by atoms with Crippen LogP contribution in [-0.4, -0.2) is 38.3 Å². The Hall–Kier alpha value is -1.60. The van der Waals surface area contributed by atoms with Crippen molar-refractivity contribution in [1.82, 2.24) is 5.32 Å². The highest BCUT2D eigenvalue weighted by molar-refractivity contribution is 7.91. The highest BCUT2D eigenvalue weighted by Crippen LogP contribution is 2.36. The van der Waals surface area contributed by atoms with Crippen molar-refractivity contribution in [2.24, 2.45) is 22.7 Å². The predicted molar refractivity (Wildman–Crippen MR) is 81.1 cm³/mol. The first-order chi connectivity index (χ1) is 9.94. The number of hydrogen-bond donors (Lipinski definition) is 3. The summed E-state index contributed by atoms with van der Waals surface area (Å²) in [5.41, 5.74) is 5.86. The number of benzene rings is 1. The molecular formula is C14H21N3O3S. The van der Waals surface area contributed by atoms with E-state index in [4.69, 9.17) is 10.9 Å². The van der Waals surface area contributed by atoms with Gasteiger partial charge in [0.15, 0.2) is 15.7 Å². The molecule has 1 aliphatic rings. The van der Waals surface area contributed by atoms with Crippen LogP contribution >= 0.6 is 0 Å². The third-order valence-corrected chi connectivity index (χ3v) is 5.54. The molecule has 1 fully saturated rings. The van der Waals surface area contributed by atoms with Crippen LogP contribution in [0.5, 0.6) is 0 Å². The van der Waals surface area contributed by atoms with E-state index in [1.165, 1.54) is 18.6 Å². The van der Waals surface area contributed by atoms with Crippen molar-refractivity contribution in [3.63, 3.8) is 0 Å². The van der Waals surface area contributed by atoms with Gasteiger partial charge in [-0.05, 0) is 36.9 Å². The SMILES string of the molecule is CC1CC1CNCCS(=O)(=O)c1cccc(/C(N)=N/O)c1. The number of nitrogens with zero attached hydrogens (tertiary/aromatic N) is 1. The van der Waals surface area contributed by atoms with Crippen LogP contribution < -0.4 is 11.1 Å². The maximum absolute atomic E-state index is 12.2. The molecule has 1 aromatic rings. The largest absolute Gasteiger partial charge is 0.409 e. The van der Waals surface area contributed by atoms with Gasteiger partial charge in [0.05, 0.1) is 10.6 Å². The van der Waals surface area contributed by atoms with E-state index in [0.717, 1.165) is 12.5 Å². The van der Waals surface area contributed by atoms with Crippen molar-refractivity contribution in [2.75, 3.05) is 18.8 Å². The van der Waals surface area contributed by atoms with Gasteiger partial charge in [0.25, 0.3) is 0 Å². The number of amidine groups is 1. The summed E-state index contributed by atoms with van der Waals surface area (Å²) in [7, 11) is -3.37. The van der Waals surface area contributed by atoms with Crippen LogP contribution in [-0.2, 0) is 9.84 Å². The molecule has 4 N–H and O–H groups in total. The molecule has 116 valence electrons. The topological polar surface area (TPSA) is 105 Å². The van der Waals surface area contributed by atoms with E-state index in [2.05, 4.69) is 17.4 Å². The Bertz CT molecular complexity index is 628. The zero-order valence-corrected chi connectivity index (χ0v) is 12.8. The van der Waals surface area contributed by atoms with Gasteiger partial charge in [0.2, 0.25) is 0 Å². The molecule has 0 saturated heterocycles. The molecule has 1 saturated carbocycles. The van der Waals surface area contributed by atoms with Gasteiger partial charge in [-0.2, -0.15) is 0 Å². The third kappa shape index (κ3) is 4.18. The van der Waals surface area contributed by atoms with Crippen LogP contribution in [0, 0.1) is 11.8 Å². The minimum atomic E-state index is -3.37. The number of rotatable bonds is 7. The summed E-state index contributed by atoms with van der Waals surface area (Å²) in [4.78, 5) is 0.188.